The lowest BCUT2D eigenvalue weighted by Crippen LogP contribution is -2.54. The van der Waals surface area contributed by atoms with Gasteiger partial charge >= 0.3 is 12.0 Å². The van der Waals surface area contributed by atoms with Crippen LogP contribution < -0.4 is 19.7 Å². The van der Waals surface area contributed by atoms with Crippen LogP contribution in [0.1, 0.15) is 21.5 Å². The molecule has 4 amide bonds. The molecule has 0 saturated carbocycles. The number of ether oxygens (including phenoxy) is 2. The van der Waals surface area contributed by atoms with Gasteiger partial charge in [-0.1, -0.05) is 12.1 Å². The van der Waals surface area contributed by atoms with Gasteiger partial charge in [0.2, 0.25) is 0 Å². The second kappa shape index (κ2) is 10.8. The molecule has 1 aliphatic rings. The molecule has 11 heteroatoms. The summed E-state index contributed by atoms with van der Waals surface area (Å²) in [7, 11) is 1.42. The minimum Gasteiger partial charge on any atom is -0.493 e. The van der Waals surface area contributed by atoms with Crippen molar-refractivity contribution in [1.82, 2.24) is 5.32 Å². The summed E-state index contributed by atoms with van der Waals surface area (Å²) in [5.41, 5.74) is 0.992. The van der Waals surface area contributed by atoms with Crippen molar-refractivity contribution >= 4 is 58.2 Å². The fourth-order valence-electron chi connectivity index (χ4n) is 3.56. The molecular formula is C26H18FIN2O7. The summed E-state index contributed by atoms with van der Waals surface area (Å²) in [6.07, 6.45) is 1.31. The number of hydrogen-bond acceptors (Lipinski definition) is 6. The molecular weight excluding hydrogens is 598 g/mol. The summed E-state index contributed by atoms with van der Waals surface area (Å²) in [6, 6.07) is 13.3. The number of nitrogens with one attached hydrogen (secondary N) is 1. The summed E-state index contributed by atoms with van der Waals surface area (Å²) in [5, 5.41) is 11.3. The number of anilines is 1. The number of imide groups is 2. The zero-order valence-electron chi connectivity index (χ0n) is 19.2. The first-order valence-electron chi connectivity index (χ1n) is 10.7. The van der Waals surface area contributed by atoms with E-state index in [2.05, 4.69) is 5.32 Å². The number of rotatable bonds is 7. The summed E-state index contributed by atoms with van der Waals surface area (Å²) in [6.45, 7) is 0.0730. The van der Waals surface area contributed by atoms with E-state index in [-0.39, 0.29) is 23.4 Å². The molecule has 1 saturated heterocycles. The number of amides is 4. The van der Waals surface area contributed by atoms with Gasteiger partial charge in [0.15, 0.2) is 11.5 Å². The van der Waals surface area contributed by atoms with Crippen molar-refractivity contribution in [3.8, 4) is 11.5 Å². The van der Waals surface area contributed by atoms with Gasteiger partial charge < -0.3 is 14.6 Å². The predicted molar refractivity (Wildman–Crippen MR) is 139 cm³/mol. The van der Waals surface area contributed by atoms with E-state index in [9.17, 15) is 28.7 Å². The number of carboxylic acids is 1. The van der Waals surface area contributed by atoms with Crippen LogP contribution in [0.2, 0.25) is 0 Å². The zero-order chi connectivity index (χ0) is 26.7. The Kier molecular flexibility index (Phi) is 7.53. The van der Waals surface area contributed by atoms with Crippen molar-refractivity contribution in [1.29, 1.82) is 0 Å². The van der Waals surface area contributed by atoms with E-state index in [1.165, 1.54) is 37.5 Å². The maximum atomic E-state index is 13.3. The Hall–Kier alpha value is -4.26. The van der Waals surface area contributed by atoms with E-state index >= 15 is 0 Å². The van der Waals surface area contributed by atoms with E-state index in [1.807, 2.05) is 22.6 Å². The summed E-state index contributed by atoms with van der Waals surface area (Å²) >= 11 is 2.01. The monoisotopic (exact) mass is 616 g/mol. The highest BCUT2D eigenvalue weighted by Gasteiger charge is 2.36. The molecule has 1 aliphatic heterocycles. The van der Waals surface area contributed by atoms with Crippen LogP contribution in [0, 0.1) is 9.39 Å². The van der Waals surface area contributed by atoms with Crippen LogP contribution in [0.5, 0.6) is 11.5 Å². The lowest BCUT2D eigenvalue weighted by atomic mass is 10.1. The van der Waals surface area contributed by atoms with Gasteiger partial charge in [0.1, 0.15) is 18.0 Å². The third kappa shape index (κ3) is 5.61. The smallest absolute Gasteiger partial charge is 0.335 e. The Morgan fingerprint density at radius 3 is 2.51 bits per heavy atom. The second-order valence-electron chi connectivity index (χ2n) is 7.76. The van der Waals surface area contributed by atoms with Crippen molar-refractivity contribution in [3.63, 3.8) is 0 Å². The van der Waals surface area contributed by atoms with E-state index < -0.39 is 29.6 Å². The van der Waals surface area contributed by atoms with Crippen molar-refractivity contribution < 1.29 is 38.1 Å². The zero-order valence-corrected chi connectivity index (χ0v) is 21.3. The number of benzene rings is 3. The number of urea groups is 1. The molecule has 37 heavy (non-hydrogen) atoms. The first kappa shape index (κ1) is 25.8. The lowest BCUT2D eigenvalue weighted by molar-refractivity contribution is -0.122. The fourth-order valence-corrected chi connectivity index (χ4v) is 4.34. The van der Waals surface area contributed by atoms with Crippen molar-refractivity contribution in [3.05, 3.63) is 92.3 Å². The van der Waals surface area contributed by atoms with E-state index in [0.29, 0.717) is 26.2 Å². The van der Waals surface area contributed by atoms with Crippen molar-refractivity contribution in [2.75, 3.05) is 12.0 Å². The van der Waals surface area contributed by atoms with Gasteiger partial charge in [0, 0.05) is 0 Å². The molecule has 0 unspecified atom stereocenters. The molecule has 0 atom stereocenters. The van der Waals surface area contributed by atoms with E-state index in [1.54, 1.807) is 24.3 Å². The topological polar surface area (TPSA) is 122 Å². The van der Waals surface area contributed by atoms with Crippen molar-refractivity contribution in [2.45, 2.75) is 6.61 Å². The second-order valence-corrected chi connectivity index (χ2v) is 8.92. The SMILES string of the molecule is COc1cc(/C=C2\C(=O)NC(=O)N(c3ccc(F)cc3)C2=O)cc(I)c1OCc1cccc(C(=O)O)c1. The highest BCUT2D eigenvalue weighted by atomic mass is 127. The maximum Gasteiger partial charge on any atom is 0.335 e. The van der Waals surface area contributed by atoms with E-state index in [0.717, 1.165) is 17.0 Å². The van der Waals surface area contributed by atoms with Crippen LogP contribution in [-0.2, 0) is 16.2 Å². The molecule has 0 spiro atoms. The molecule has 1 heterocycles. The van der Waals surface area contributed by atoms with Crippen LogP contribution in [0.4, 0.5) is 14.9 Å². The number of aromatic carboxylic acids is 1. The van der Waals surface area contributed by atoms with Crippen LogP contribution in [0.25, 0.3) is 6.08 Å². The van der Waals surface area contributed by atoms with Crippen LogP contribution in [-0.4, -0.2) is 36.0 Å². The number of carbonyl (C=O) groups is 4. The Labute approximate surface area is 223 Å². The number of barbiturate groups is 1. The first-order valence-corrected chi connectivity index (χ1v) is 11.8. The van der Waals surface area contributed by atoms with Gasteiger partial charge in [-0.15, -0.1) is 0 Å². The van der Waals surface area contributed by atoms with Crippen LogP contribution >= 0.6 is 22.6 Å². The molecule has 1 fully saturated rings. The Morgan fingerprint density at radius 1 is 1.11 bits per heavy atom. The molecule has 188 valence electrons. The quantitative estimate of drug-likeness (QED) is 0.230. The minimum absolute atomic E-state index is 0.0730. The van der Waals surface area contributed by atoms with Crippen molar-refractivity contribution in [2.24, 2.45) is 0 Å². The maximum absolute atomic E-state index is 13.3. The highest BCUT2D eigenvalue weighted by molar-refractivity contribution is 14.1. The average molecular weight is 616 g/mol. The Morgan fingerprint density at radius 2 is 1.84 bits per heavy atom. The summed E-state index contributed by atoms with van der Waals surface area (Å²) in [5.74, 6) is -2.64. The molecule has 0 bridgehead atoms. The number of carbonyl (C=O) groups excluding carboxylic acids is 3. The number of halogens is 2. The number of nitrogens with zero attached hydrogens (tertiary/aromatic N) is 1. The van der Waals surface area contributed by atoms with Crippen LogP contribution in [0.3, 0.4) is 0 Å². The number of carboxylic acid groups (broad SMARTS) is 1. The Bertz CT molecular complexity index is 1450. The fraction of sp³-hybridized carbons (Fsp3) is 0.0769. The molecule has 0 aliphatic carbocycles. The molecule has 0 radical (unpaired) electrons. The van der Waals surface area contributed by atoms with E-state index in [4.69, 9.17) is 9.47 Å². The third-order valence-electron chi connectivity index (χ3n) is 5.31. The summed E-state index contributed by atoms with van der Waals surface area (Å²) in [4.78, 5) is 49.8. The largest absolute Gasteiger partial charge is 0.493 e. The minimum atomic E-state index is -1.05. The standard InChI is InChI=1S/C26H18FIN2O7/c1-36-21-12-15(11-20(28)22(21)37-13-14-3-2-4-16(9-14)25(33)34)10-19-23(31)29-26(35)30(24(19)32)18-7-5-17(27)6-8-18/h2-12H,13H2,1H3,(H,33,34)(H,29,31,35)/b19-10+. The first-order chi connectivity index (χ1) is 17.7. The molecule has 3 aromatic carbocycles. The average Bonchev–Trinajstić information content (AvgIpc) is 2.86. The lowest BCUT2D eigenvalue weighted by Gasteiger charge is -2.26. The summed E-state index contributed by atoms with van der Waals surface area (Å²) < 4.78 is 25.2. The Balaban J connectivity index is 1.62. The predicted octanol–water partition coefficient (Wildman–Crippen LogP) is 4.38. The van der Waals surface area contributed by atoms with Gasteiger partial charge in [0.25, 0.3) is 11.8 Å². The molecule has 9 nitrogen and oxygen atoms in total. The van der Waals surface area contributed by atoms with Gasteiger partial charge in [-0.25, -0.2) is 18.9 Å². The van der Waals surface area contributed by atoms with Gasteiger partial charge in [-0.2, -0.15) is 0 Å². The molecule has 2 N–H and O–H groups in total. The molecule has 0 aromatic heterocycles. The van der Waals surface area contributed by atoms with Gasteiger partial charge in [-0.05, 0) is 88.3 Å². The van der Waals surface area contributed by atoms with Gasteiger partial charge in [-0.3, -0.25) is 14.9 Å². The van der Waals surface area contributed by atoms with Gasteiger partial charge in [0.05, 0.1) is 21.9 Å². The van der Waals surface area contributed by atoms with Crippen LogP contribution in [0.15, 0.2) is 66.2 Å². The number of hydrogen-bond donors (Lipinski definition) is 2. The molecule has 3 aromatic rings. The highest BCUT2D eigenvalue weighted by Crippen LogP contribution is 2.35. The third-order valence-corrected chi connectivity index (χ3v) is 6.11. The number of methoxy groups -OCH3 is 1. The molecule has 4 rings (SSSR count). The normalized spacial score (nSPS) is 14.5.